The van der Waals surface area contributed by atoms with E-state index < -0.39 is 0 Å². The first kappa shape index (κ1) is 26.3. The average molecular weight is 616 g/mol. The fourth-order valence-corrected chi connectivity index (χ4v) is 8.11. The molecule has 0 amide bonds. The molecule has 0 fully saturated rings. The predicted octanol–water partition coefficient (Wildman–Crippen LogP) is 11.9. The number of fused-ring (bicyclic) bond motifs is 9. The molecule has 10 aromatic rings. The van der Waals surface area contributed by atoms with Gasteiger partial charge in [0.2, 0.25) is 0 Å². The summed E-state index contributed by atoms with van der Waals surface area (Å²) in [6.07, 6.45) is 0. The van der Waals surface area contributed by atoms with E-state index in [4.69, 9.17) is 15.0 Å². The molecule has 4 heteroatoms. The number of nitrogens with zero attached hydrogens (tertiary/aromatic N) is 3. The molecule has 47 heavy (non-hydrogen) atoms. The Morgan fingerprint density at radius 1 is 0.383 bits per heavy atom. The number of hydrogen-bond donors (Lipinski definition) is 0. The number of hydrogen-bond acceptors (Lipinski definition) is 4. The third-order valence-corrected chi connectivity index (χ3v) is 10.4. The molecule has 7 aromatic carbocycles. The zero-order valence-electron chi connectivity index (χ0n) is 25.2. The van der Waals surface area contributed by atoms with E-state index in [0.717, 1.165) is 49.5 Å². The van der Waals surface area contributed by atoms with Gasteiger partial charge in [-0.25, -0.2) is 15.0 Å². The lowest BCUT2D eigenvalue weighted by atomic mass is 9.98. The van der Waals surface area contributed by atoms with E-state index in [1.165, 1.54) is 42.1 Å². The first-order valence-electron chi connectivity index (χ1n) is 15.8. The van der Waals surface area contributed by atoms with Crippen molar-refractivity contribution in [1.82, 2.24) is 15.0 Å². The zero-order chi connectivity index (χ0) is 30.9. The summed E-state index contributed by atoms with van der Waals surface area (Å²) in [6.45, 7) is 0. The summed E-state index contributed by atoms with van der Waals surface area (Å²) < 4.78 is 2.50. The van der Waals surface area contributed by atoms with E-state index in [-0.39, 0.29) is 0 Å². The van der Waals surface area contributed by atoms with Crippen LogP contribution in [0.4, 0.5) is 0 Å². The van der Waals surface area contributed by atoms with Gasteiger partial charge in [-0.1, -0.05) is 121 Å². The Morgan fingerprint density at radius 2 is 1.06 bits per heavy atom. The summed E-state index contributed by atoms with van der Waals surface area (Å²) in [5.41, 5.74) is 7.08. The highest BCUT2D eigenvalue weighted by Crippen LogP contribution is 2.41. The minimum absolute atomic E-state index is 0.632. The van der Waals surface area contributed by atoms with Crippen molar-refractivity contribution in [3.05, 3.63) is 152 Å². The number of thiophene rings is 1. The molecule has 218 valence electrons. The summed E-state index contributed by atoms with van der Waals surface area (Å²) >= 11 is 1.81. The SMILES string of the molecule is c1ccc(-c2ccc3cc(-c4nc(-c5nc6c(ccc7sc8ccccc8c76)c6ccccc56)nc5ccccc45)ccc3c2)cc1. The number of pyridine rings is 1. The monoisotopic (exact) mass is 615 g/mol. The normalized spacial score (nSPS) is 11.8. The van der Waals surface area contributed by atoms with Crippen LogP contribution in [0, 0.1) is 0 Å². The van der Waals surface area contributed by atoms with Crippen LogP contribution in [-0.4, -0.2) is 15.0 Å². The molecule has 0 N–H and O–H groups in total. The summed E-state index contributed by atoms with van der Waals surface area (Å²) in [6, 6.07) is 53.7. The molecule has 0 aliphatic rings. The van der Waals surface area contributed by atoms with Crippen LogP contribution in [0.2, 0.25) is 0 Å². The Kier molecular flexibility index (Phi) is 5.74. The van der Waals surface area contributed by atoms with Crippen LogP contribution in [0.1, 0.15) is 0 Å². The van der Waals surface area contributed by atoms with Crippen molar-refractivity contribution in [2.24, 2.45) is 0 Å². The maximum atomic E-state index is 5.44. The maximum absolute atomic E-state index is 5.44. The van der Waals surface area contributed by atoms with Gasteiger partial charge < -0.3 is 0 Å². The van der Waals surface area contributed by atoms with Gasteiger partial charge in [0.25, 0.3) is 0 Å². The lowest BCUT2D eigenvalue weighted by molar-refractivity contribution is 1.21. The van der Waals surface area contributed by atoms with Gasteiger partial charge in [-0.15, -0.1) is 11.3 Å². The van der Waals surface area contributed by atoms with Gasteiger partial charge in [-0.2, -0.15) is 0 Å². The Morgan fingerprint density at radius 3 is 1.91 bits per heavy atom. The summed E-state index contributed by atoms with van der Waals surface area (Å²) in [7, 11) is 0. The van der Waals surface area contributed by atoms with Crippen molar-refractivity contribution in [2.75, 3.05) is 0 Å². The highest BCUT2D eigenvalue weighted by atomic mass is 32.1. The molecule has 3 aromatic heterocycles. The Labute approximate surface area is 274 Å². The molecule has 0 saturated carbocycles. The minimum atomic E-state index is 0.632. The van der Waals surface area contributed by atoms with E-state index in [1.54, 1.807) is 0 Å². The van der Waals surface area contributed by atoms with Crippen LogP contribution in [0.15, 0.2) is 152 Å². The second-order valence-electron chi connectivity index (χ2n) is 12.0. The Balaban J connectivity index is 1.22. The lowest BCUT2D eigenvalue weighted by Gasteiger charge is -2.13. The fraction of sp³-hybridized carbons (Fsp3) is 0. The first-order valence-corrected chi connectivity index (χ1v) is 16.6. The molecule has 0 radical (unpaired) electrons. The van der Waals surface area contributed by atoms with Gasteiger partial charge in [-0.05, 0) is 57.6 Å². The molecule has 0 spiro atoms. The third kappa shape index (κ3) is 4.16. The zero-order valence-corrected chi connectivity index (χ0v) is 26.0. The molecule has 0 atom stereocenters. The van der Waals surface area contributed by atoms with Crippen LogP contribution < -0.4 is 0 Å². The van der Waals surface area contributed by atoms with Gasteiger partial charge in [-0.3, -0.25) is 0 Å². The highest BCUT2D eigenvalue weighted by Gasteiger charge is 2.19. The van der Waals surface area contributed by atoms with Gasteiger partial charge >= 0.3 is 0 Å². The number of rotatable bonds is 3. The van der Waals surface area contributed by atoms with Crippen LogP contribution in [0.25, 0.3) is 97.4 Å². The maximum Gasteiger partial charge on any atom is 0.179 e. The molecular formula is C43H25N3S. The Bertz CT molecular complexity index is 2850. The van der Waals surface area contributed by atoms with Crippen molar-refractivity contribution >= 4 is 74.9 Å². The topological polar surface area (TPSA) is 38.7 Å². The van der Waals surface area contributed by atoms with E-state index in [0.29, 0.717) is 5.82 Å². The first-order chi connectivity index (χ1) is 23.3. The molecule has 0 aliphatic carbocycles. The molecule has 10 rings (SSSR count). The van der Waals surface area contributed by atoms with E-state index in [2.05, 4.69) is 146 Å². The van der Waals surface area contributed by atoms with Gasteiger partial charge in [0, 0.05) is 41.9 Å². The summed E-state index contributed by atoms with van der Waals surface area (Å²) in [5.74, 6) is 0.632. The van der Waals surface area contributed by atoms with Gasteiger partial charge in [0.15, 0.2) is 5.82 Å². The molecule has 0 unspecified atom stereocenters. The minimum Gasteiger partial charge on any atom is -0.243 e. The van der Waals surface area contributed by atoms with E-state index in [1.807, 2.05) is 17.4 Å². The lowest BCUT2D eigenvalue weighted by Crippen LogP contribution is -1.98. The molecule has 0 aliphatic heterocycles. The van der Waals surface area contributed by atoms with Crippen LogP contribution in [-0.2, 0) is 0 Å². The van der Waals surface area contributed by atoms with Crippen molar-refractivity contribution in [3.63, 3.8) is 0 Å². The summed E-state index contributed by atoms with van der Waals surface area (Å²) in [4.78, 5) is 15.9. The van der Waals surface area contributed by atoms with Crippen molar-refractivity contribution in [3.8, 4) is 33.9 Å². The van der Waals surface area contributed by atoms with Crippen molar-refractivity contribution in [2.45, 2.75) is 0 Å². The second kappa shape index (κ2) is 10.3. The molecule has 3 heterocycles. The van der Waals surface area contributed by atoms with Gasteiger partial charge in [0.05, 0.1) is 16.7 Å². The quantitative estimate of drug-likeness (QED) is 0.186. The Hall–Kier alpha value is -5.97. The number of benzene rings is 7. The average Bonchev–Trinajstić information content (AvgIpc) is 3.53. The van der Waals surface area contributed by atoms with Crippen LogP contribution >= 0.6 is 11.3 Å². The number of para-hydroxylation sites is 1. The number of aromatic nitrogens is 3. The highest BCUT2D eigenvalue weighted by molar-refractivity contribution is 7.26. The van der Waals surface area contributed by atoms with E-state index >= 15 is 0 Å². The smallest absolute Gasteiger partial charge is 0.179 e. The molecule has 0 bridgehead atoms. The third-order valence-electron chi connectivity index (χ3n) is 9.25. The standard InChI is InChI=1S/C43H25N3S/c1-2-10-26(11-3-1)27-18-19-29-25-30(21-20-28(29)24-27)40-34-14-6-8-16-36(34)44-43(46-40)42-32-13-5-4-12-31(32)33-22-23-38-39(41(33)45-42)35-15-7-9-17-37(35)47-38/h1-25H. The van der Waals surface area contributed by atoms with Crippen molar-refractivity contribution < 1.29 is 0 Å². The van der Waals surface area contributed by atoms with E-state index in [9.17, 15) is 0 Å². The molecule has 3 nitrogen and oxygen atoms in total. The van der Waals surface area contributed by atoms with Gasteiger partial charge in [0.1, 0.15) is 5.69 Å². The van der Waals surface area contributed by atoms with Crippen LogP contribution in [0.5, 0.6) is 0 Å². The van der Waals surface area contributed by atoms with Crippen LogP contribution in [0.3, 0.4) is 0 Å². The largest absolute Gasteiger partial charge is 0.243 e. The predicted molar refractivity (Wildman–Crippen MR) is 199 cm³/mol. The second-order valence-corrected chi connectivity index (χ2v) is 13.1. The molecular weight excluding hydrogens is 591 g/mol. The molecule has 0 saturated heterocycles. The fourth-order valence-electron chi connectivity index (χ4n) is 7.00. The van der Waals surface area contributed by atoms with Crippen molar-refractivity contribution in [1.29, 1.82) is 0 Å². The summed E-state index contributed by atoms with van der Waals surface area (Å²) in [5, 5.41) is 9.17.